The van der Waals surface area contributed by atoms with Gasteiger partial charge in [-0.2, -0.15) is 0 Å². The molecule has 17 heavy (non-hydrogen) atoms. The molecule has 1 unspecified atom stereocenters. The number of nitrogens with one attached hydrogen (secondary N) is 1. The van der Waals surface area contributed by atoms with E-state index < -0.39 is 0 Å². The smallest absolute Gasteiger partial charge is 0.0943 e. The molecular formula is C14H19ClN2. The number of halogens is 1. The first-order valence-corrected chi connectivity index (χ1v) is 6.19. The van der Waals surface area contributed by atoms with E-state index in [4.69, 9.17) is 11.1 Å². The van der Waals surface area contributed by atoms with Gasteiger partial charge in [-0.15, -0.1) is 12.4 Å². The second kappa shape index (κ2) is 4.69. The molecule has 3 aliphatic rings. The highest BCUT2D eigenvalue weighted by Gasteiger charge is 2.31. The van der Waals surface area contributed by atoms with Crippen molar-refractivity contribution in [2.24, 2.45) is 11.7 Å². The third kappa shape index (κ3) is 2.06. The van der Waals surface area contributed by atoms with Crippen LogP contribution < -0.4 is 5.73 Å². The van der Waals surface area contributed by atoms with Crippen molar-refractivity contribution >= 4 is 18.2 Å². The quantitative estimate of drug-likeness (QED) is 0.543. The number of rotatable bonds is 1. The monoisotopic (exact) mass is 250 g/mol. The van der Waals surface area contributed by atoms with Crippen LogP contribution in [0.3, 0.4) is 0 Å². The molecule has 3 N–H and O–H groups in total. The van der Waals surface area contributed by atoms with Crippen molar-refractivity contribution in [3.05, 3.63) is 34.4 Å². The van der Waals surface area contributed by atoms with Crippen molar-refractivity contribution < 1.29 is 0 Å². The topological polar surface area (TPSA) is 49.9 Å². The number of amidine groups is 1. The molecule has 3 rings (SSSR count). The number of fused-ring (bicyclic) bond motifs is 1. The summed E-state index contributed by atoms with van der Waals surface area (Å²) in [5.74, 6) is 0.656. The Morgan fingerprint density at radius 2 is 1.94 bits per heavy atom. The van der Waals surface area contributed by atoms with Gasteiger partial charge in [0.15, 0.2) is 0 Å². The highest BCUT2D eigenvalue weighted by Crippen LogP contribution is 2.45. The molecule has 0 spiro atoms. The molecule has 0 radical (unpaired) electrons. The number of nitrogens with two attached hydrogens (primary N) is 1. The van der Waals surface area contributed by atoms with Gasteiger partial charge in [-0.3, -0.25) is 5.41 Å². The highest BCUT2D eigenvalue weighted by atomic mass is 35.5. The summed E-state index contributed by atoms with van der Waals surface area (Å²) < 4.78 is 0. The van der Waals surface area contributed by atoms with Crippen molar-refractivity contribution in [3.63, 3.8) is 0 Å². The van der Waals surface area contributed by atoms with Gasteiger partial charge in [-0.25, -0.2) is 0 Å². The van der Waals surface area contributed by atoms with E-state index in [2.05, 4.69) is 12.2 Å². The van der Waals surface area contributed by atoms with Crippen LogP contribution in [0.5, 0.6) is 0 Å². The van der Waals surface area contributed by atoms with Crippen molar-refractivity contribution in [3.8, 4) is 0 Å². The Labute approximate surface area is 109 Å². The summed E-state index contributed by atoms with van der Waals surface area (Å²) in [5.41, 5.74) is 11.9. The Hall–Kier alpha value is -1.02. The lowest BCUT2D eigenvalue weighted by Gasteiger charge is -2.23. The zero-order valence-corrected chi connectivity index (χ0v) is 10.8. The van der Waals surface area contributed by atoms with Crippen LogP contribution in [0, 0.1) is 11.3 Å². The van der Waals surface area contributed by atoms with Crippen LogP contribution in [0.1, 0.15) is 38.5 Å². The van der Waals surface area contributed by atoms with Crippen molar-refractivity contribution in [2.45, 2.75) is 38.5 Å². The molecule has 0 aromatic rings. The summed E-state index contributed by atoms with van der Waals surface area (Å²) in [6, 6.07) is 0. The normalized spacial score (nSPS) is 26.5. The van der Waals surface area contributed by atoms with Crippen molar-refractivity contribution in [2.75, 3.05) is 0 Å². The average molecular weight is 251 g/mol. The van der Waals surface area contributed by atoms with Crippen LogP contribution in [-0.2, 0) is 0 Å². The maximum absolute atomic E-state index is 7.59. The second-order valence-electron chi connectivity index (χ2n) is 5.10. The Kier molecular flexibility index (Phi) is 3.43. The van der Waals surface area contributed by atoms with Crippen LogP contribution in [-0.4, -0.2) is 5.84 Å². The molecule has 0 fully saturated rings. The van der Waals surface area contributed by atoms with Gasteiger partial charge in [0.2, 0.25) is 0 Å². The highest BCUT2D eigenvalue weighted by molar-refractivity contribution is 5.85. The molecule has 1 atom stereocenters. The Morgan fingerprint density at radius 1 is 1.18 bits per heavy atom. The van der Waals surface area contributed by atoms with Crippen molar-refractivity contribution in [1.82, 2.24) is 0 Å². The van der Waals surface area contributed by atoms with Crippen LogP contribution >= 0.6 is 12.4 Å². The van der Waals surface area contributed by atoms with E-state index in [9.17, 15) is 0 Å². The van der Waals surface area contributed by atoms with Gasteiger partial charge in [-0.1, -0.05) is 23.3 Å². The molecule has 3 aliphatic carbocycles. The third-order valence-electron chi connectivity index (χ3n) is 4.14. The Morgan fingerprint density at radius 3 is 2.71 bits per heavy atom. The molecule has 0 aromatic heterocycles. The lowest BCUT2D eigenvalue weighted by atomic mass is 9.82. The fraction of sp³-hybridized carbons (Fsp3) is 0.500. The van der Waals surface area contributed by atoms with Crippen LogP contribution in [0.4, 0.5) is 0 Å². The lowest BCUT2D eigenvalue weighted by molar-refractivity contribution is 0.715. The summed E-state index contributed by atoms with van der Waals surface area (Å²) >= 11 is 0. The minimum atomic E-state index is 0. The maximum Gasteiger partial charge on any atom is 0.0943 e. The predicted octanol–water partition coefficient (Wildman–Crippen LogP) is 3.49. The van der Waals surface area contributed by atoms with Gasteiger partial charge in [0.05, 0.1) is 5.84 Å². The van der Waals surface area contributed by atoms with Crippen molar-refractivity contribution in [1.29, 1.82) is 5.41 Å². The molecule has 0 aliphatic heterocycles. The number of hydrogen-bond acceptors (Lipinski definition) is 1. The second-order valence-corrected chi connectivity index (χ2v) is 5.10. The fourth-order valence-electron chi connectivity index (χ4n) is 3.24. The molecule has 0 saturated heterocycles. The zero-order chi connectivity index (χ0) is 11.1. The molecule has 0 amide bonds. The van der Waals surface area contributed by atoms with E-state index in [-0.39, 0.29) is 18.3 Å². The van der Waals surface area contributed by atoms with E-state index in [0.29, 0.717) is 5.84 Å². The van der Waals surface area contributed by atoms with E-state index in [0.717, 1.165) is 12.8 Å². The van der Waals surface area contributed by atoms with Crippen LogP contribution in [0.2, 0.25) is 0 Å². The molecular weight excluding hydrogens is 232 g/mol. The fourth-order valence-corrected chi connectivity index (χ4v) is 3.24. The summed E-state index contributed by atoms with van der Waals surface area (Å²) in [6.45, 7) is 0. The first-order chi connectivity index (χ1) is 7.75. The molecule has 0 heterocycles. The summed E-state index contributed by atoms with van der Waals surface area (Å²) in [4.78, 5) is 0. The first kappa shape index (κ1) is 12.4. The minimum Gasteiger partial charge on any atom is -0.387 e. The van der Waals surface area contributed by atoms with E-state index in [1.165, 1.54) is 36.8 Å². The SMILES string of the molecule is Cl.N=C(N)C1CC2=C(C1)C1=C(CCC=C1)CC2. The molecule has 3 heteroatoms. The molecule has 0 aromatic carbocycles. The predicted molar refractivity (Wildman–Crippen MR) is 73.5 cm³/mol. The Bertz CT molecular complexity index is 443. The number of hydrogen-bond donors (Lipinski definition) is 2. The lowest BCUT2D eigenvalue weighted by Crippen LogP contribution is -2.20. The average Bonchev–Trinajstić information content (AvgIpc) is 2.73. The van der Waals surface area contributed by atoms with Gasteiger partial charge < -0.3 is 5.73 Å². The molecule has 0 bridgehead atoms. The van der Waals surface area contributed by atoms with Gasteiger partial charge in [0.25, 0.3) is 0 Å². The largest absolute Gasteiger partial charge is 0.387 e. The van der Waals surface area contributed by atoms with Gasteiger partial charge in [-0.05, 0) is 49.7 Å². The van der Waals surface area contributed by atoms with Crippen LogP contribution in [0.25, 0.3) is 0 Å². The maximum atomic E-state index is 7.59. The van der Waals surface area contributed by atoms with Gasteiger partial charge in [0, 0.05) is 5.92 Å². The summed E-state index contributed by atoms with van der Waals surface area (Å²) in [7, 11) is 0. The summed E-state index contributed by atoms with van der Waals surface area (Å²) in [6.07, 6.45) is 11.5. The van der Waals surface area contributed by atoms with Gasteiger partial charge in [0.1, 0.15) is 0 Å². The van der Waals surface area contributed by atoms with Crippen LogP contribution in [0.15, 0.2) is 34.4 Å². The first-order valence-electron chi connectivity index (χ1n) is 6.19. The standard InChI is InChI=1S/C14H18N2.ClH/c15-14(16)11-7-10-6-5-9-3-1-2-4-12(9)13(10)8-11;/h2,4,11H,1,3,5-8H2,(H3,15,16);1H. The Balaban J connectivity index is 0.00000108. The van der Waals surface area contributed by atoms with E-state index in [1.54, 1.807) is 11.1 Å². The molecule has 92 valence electrons. The zero-order valence-electron chi connectivity index (χ0n) is 9.96. The number of allylic oxidation sites excluding steroid dienone is 6. The van der Waals surface area contributed by atoms with E-state index in [1.807, 2.05) is 0 Å². The minimum absolute atomic E-state index is 0. The van der Waals surface area contributed by atoms with Gasteiger partial charge >= 0.3 is 0 Å². The van der Waals surface area contributed by atoms with E-state index >= 15 is 0 Å². The summed E-state index contributed by atoms with van der Waals surface area (Å²) in [5, 5.41) is 7.59. The molecule has 2 nitrogen and oxygen atoms in total. The molecule has 0 saturated carbocycles. The third-order valence-corrected chi connectivity index (χ3v) is 4.14.